The van der Waals surface area contributed by atoms with Gasteiger partial charge in [0.2, 0.25) is 0 Å². The third-order valence-corrected chi connectivity index (χ3v) is 6.01. The number of alkyl halides is 3. The smallest absolute Gasteiger partial charge is 0.433 e. The lowest BCUT2D eigenvalue weighted by molar-refractivity contribution is -0.141. The Morgan fingerprint density at radius 2 is 1.94 bits per heavy atom. The summed E-state index contributed by atoms with van der Waals surface area (Å²) in [5.41, 5.74) is 2.27. The van der Waals surface area contributed by atoms with Crippen LogP contribution in [0, 0.1) is 25.2 Å². The Morgan fingerprint density at radius 3 is 2.59 bits per heavy atom. The molecule has 0 bridgehead atoms. The van der Waals surface area contributed by atoms with E-state index in [0.29, 0.717) is 16.9 Å². The lowest BCUT2D eigenvalue weighted by Crippen LogP contribution is -2.10. The maximum absolute atomic E-state index is 13.2. The van der Waals surface area contributed by atoms with Gasteiger partial charge in [-0.1, -0.05) is 35.9 Å². The first-order valence-corrected chi connectivity index (χ1v) is 11.2. The average molecular weight is 483 g/mol. The average Bonchev–Trinajstić information content (AvgIpc) is 2.80. The van der Waals surface area contributed by atoms with Gasteiger partial charge in [0.25, 0.3) is 0 Å². The molecule has 174 valence electrons. The summed E-state index contributed by atoms with van der Waals surface area (Å²) >= 11 is 1.03. The number of carbonyl (C=O) groups excluding carboxylic acids is 1. The summed E-state index contributed by atoms with van der Waals surface area (Å²) < 4.78 is 45.0. The zero-order valence-electron chi connectivity index (χ0n) is 18.7. The Morgan fingerprint density at radius 1 is 1.18 bits per heavy atom. The molecule has 8 heteroatoms. The molecule has 3 rings (SSSR count). The summed E-state index contributed by atoms with van der Waals surface area (Å²) in [6.45, 7) is 3.36. The number of hydrogen-bond donors (Lipinski definition) is 0. The monoisotopic (exact) mass is 482 g/mol. The van der Waals surface area contributed by atoms with E-state index >= 15 is 0 Å². The highest BCUT2D eigenvalue weighted by molar-refractivity contribution is 7.98. The van der Waals surface area contributed by atoms with Gasteiger partial charge in [-0.15, -0.1) is 11.8 Å². The van der Waals surface area contributed by atoms with Crippen LogP contribution in [-0.2, 0) is 11.9 Å². The minimum absolute atomic E-state index is 0.00690. The van der Waals surface area contributed by atoms with Crippen molar-refractivity contribution in [1.82, 2.24) is 4.98 Å². The van der Waals surface area contributed by atoms with E-state index in [-0.39, 0.29) is 27.7 Å². The van der Waals surface area contributed by atoms with Gasteiger partial charge in [0.05, 0.1) is 12.7 Å². The van der Waals surface area contributed by atoms with Crippen LogP contribution in [0.25, 0.3) is 6.08 Å². The van der Waals surface area contributed by atoms with Crippen molar-refractivity contribution in [2.45, 2.75) is 30.8 Å². The quantitative estimate of drug-likeness (QED) is 0.211. The predicted molar refractivity (Wildman–Crippen MR) is 126 cm³/mol. The largest absolute Gasteiger partial charge is 0.496 e. The second-order valence-corrected chi connectivity index (χ2v) is 8.51. The van der Waals surface area contributed by atoms with Crippen LogP contribution in [0.2, 0.25) is 0 Å². The van der Waals surface area contributed by atoms with Gasteiger partial charge in [-0.25, -0.2) is 4.98 Å². The van der Waals surface area contributed by atoms with Gasteiger partial charge in [-0.05, 0) is 55.3 Å². The van der Waals surface area contributed by atoms with Crippen LogP contribution in [-0.4, -0.2) is 17.9 Å². The molecule has 0 N–H and O–H groups in total. The fourth-order valence-electron chi connectivity index (χ4n) is 3.26. The fourth-order valence-corrected chi connectivity index (χ4v) is 4.29. The number of hydrogen-bond acceptors (Lipinski definition) is 5. The van der Waals surface area contributed by atoms with E-state index in [4.69, 9.17) is 4.74 Å². The summed E-state index contributed by atoms with van der Waals surface area (Å²) in [4.78, 5) is 16.1. The Labute approximate surface area is 200 Å². The molecule has 4 nitrogen and oxygen atoms in total. The molecule has 3 aromatic rings. The second kappa shape index (κ2) is 10.6. The van der Waals surface area contributed by atoms with Crippen LogP contribution in [0.4, 0.5) is 13.2 Å². The number of nitrogens with zero attached hydrogens (tertiary/aromatic N) is 2. The topological polar surface area (TPSA) is 63.0 Å². The zero-order valence-corrected chi connectivity index (χ0v) is 19.6. The third-order valence-electron chi connectivity index (χ3n) is 4.98. The summed E-state index contributed by atoms with van der Waals surface area (Å²) in [6, 6.07) is 15.4. The molecule has 0 amide bonds. The number of ether oxygens (including phenoxy) is 1. The second-order valence-electron chi connectivity index (χ2n) is 7.54. The third kappa shape index (κ3) is 6.06. The Hall–Kier alpha value is -3.57. The zero-order chi connectivity index (χ0) is 24.9. The lowest BCUT2D eigenvalue weighted by atomic mass is 10.1. The Balaban J connectivity index is 1.86. The number of nitriles is 1. The molecule has 1 heterocycles. The highest BCUT2D eigenvalue weighted by atomic mass is 32.2. The summed E-state index contributed by atoms with van der Waals surface area (Å²) in [6.07, 6.45) is -1.47. The first kappa shape index (κ1) is 25.1. The molecule has 0 aliphatic carbocycles. The highest BCUT2D eigenvalue weighted by Gasteiger charge is 2.34. The number of benzene rings is 2. The summed E-state index contributed by atoms with van der Waals surface area (Å²) in [5.74, 6) is 0.619. The van der Waals surface area contributed by atoms with Crippen LogP contribution in [0.1, 0.15) is 43.9 Å². The molecule has 1 aromatic heterocycles. The Bertz CT molecular complexity index is 1290. The molecule has 0 saturated carbocycles. The summed E-state index contributed by atoms with van der Waals surface area (Å²) in [7, 11) is 1.49. The van der Waals surface area contributed by atoms with E-state index in [1.54, 1.807) is 36.4 Å². The van der Waals surface area contributed by atoms with Gasteiger partial charge < -0.3 is 4.74 Å². The standard InChI is InChI=1S/C26H21F3N2O2S/c1-16-5-4-6-19(11-16)22(32)9-7-18-8-10-23(33-3)20(13-18)15-34-25-21(14-30)17(2)12-24(31-25)26(27,28)29/h4-13H,15H2,1-3H3/b9-7+. The minimum atomic E-state index is -4.61. The van der Waals surface area contributed by atoms with Crippen LogP contribution in [0.15, 0.2) is 59.6 Å². The molecular weight excluding hydrogens is 461 g/mol. The fraction of sp³-hybridized carbons (Fsp3) is 0.192. The molecule has 0 fully saturated rings. The minimum Gasteiger partial charge on any atom is -0.496 e. The molecule has 0 spiro atoms. The molecule has 2 aromatic carbocycles. The van der Waals surface area contributed by atoms with Crippen molar-refractivity contribution in [3.8, 4) is 11.8 Å². The number of ketones is 1. The molecule has 0 saturated heterocycles. The first-order valence-electron chi connectivity index (χ1n) is 10.2. The van der Waals surface area contributed by atoms with Crippen LogP contribution in [0.5, 0.6) is 5.75 Å². The van der Waals surface area contributed by atoms with Crippen LogP contribution in [0.3, 0.4) is 0 Å². The summed E-state index contributed by atoms with van der Waals surface area (Å²) in [5, 5.41) is 9.42. The molecule has 0 aliphatic heterocycles. The van der Waals surface area contributed by atoms with Crippen molar-refractivity contribution in [3.63, 3.8) is 0 Å². The predicted octanol–water partition coefficient (Wildman–Crippen LogP) is 6.79. The van der Waals surface area contributed by atoms with Gasteiger partial charge >= 0.3 is 6.18 Å². The van der Waals surface area contributed by atoms with E-state index in [1.807, 2.05) is 25.1 Å². The maximum Gasteiger partial charge on any atom is 0.433 e. The molecular formula is C26H21F3N2O2S. The number of halogens is 3. The maximum atomic E-state index is 13.2. The molecule has 0 atom stereocenters. The molecule has 0 aliphatic rings. The normalized spacial score (nSPS) is 11.4. The van der Waals surface area contributed by atoms with E-state index in [9.17, 15) is 23.2 Å². The first-order chi connectivity index (χ1) is 16.1. The van der Waals surface area contributed by atoms with Gasteiger partial charge in [-0.3, -0.25) is 4.79 Å². The van der Waals surface area contributed by atoms with E-state index < -0.39 is 11.9 Å². The number of carbonyl (C=O) groups is 1. The number of rotatable bonds is 7. The van der Waals surface area contributed by atoms with Crippen molar-refractivity contribution in [3.05, 3.63) is 93.7 Å². The molecule has 0 unspecified atom stereocenters. The SMILES string of the molecule is COc1ccc(/C=C/C(=O)c2cccc(C)c2)cc1CSc1nc(C(F)(F)F)cc(C)c1C#N. The van der Waals surface area contributed by atoms with E-state index in [0.717, 1.165) is 29.0 Å². The van der Waals surface area contributed by atoms with Crippen molar-refractivity contribution >= 4 is 23.6 Å². The number of aryl methyl sites for hydroxylation is 2. The Kier molecular flexibility index (Phi) is 7.79. The molecule has 0 radical (unpaired) electrons. The van der Waals surface area contributed by atoms with Crippen molar-refractivity contribution in [1.29, 1.82) is 5.26 Å². The van der Waals surface area contributed by atoms with Gasteiger partial charge in [0.15, 0.2) is 5.78 Å². The number of pyridine rings is 1. The van der Waals surface area contributed by atoms with E-state index in [2.05, 4.69) is 4.98 Å². The number of aromatic nitrogens is 1. The van der Waals surface area contributed by atoms with Crippen molar-refractivity contribution in [2.75, 3.05) is 7.11 Å². The van der Waals surface area contributed by atoms with Gasteiger partial charge in [-0.2, -0.15) is 18.4 Å². The number of thioether (sulfide) groups is 1. The lowest BCUT2D eigenvalue weighted by Gasteiger charge is -2.13. The van der Waals surface area contributed by atoms with Crippen LogP contribution >= 0.6 is 11.8 Å². The van der Waals surface area contributed by atoms with Gasteiger partial charge in [0, 0.05) is 16.9 Å². The molecule has 34 heavy (non-hydrogen) atoms. The number of methoxy groups -OCH3 is 1. The van der Waals surface area contributed by atoms with Crippen molar-refractivity contribution in [2.24, 2.45) is 0 Å². The van der Waals surface area contributed by atoms with E-state index in [1.165, 1.54) is 20.1 Å². The number of allylic oxidation sites excluding steroid dienone is 1. The van der Waals surface area contributed by atoms with Crippen molar-refractivity contribution < 1.29 is 22.7 Å². The van der Waals surface area contributed by atoms with Crippen LogP contribution < -0.4 is 4.74 Å². The highest BCUT2D eigenvalue weighted by Crippen LogP contribution is 2.35. The van der Waals surface area contributed by atoms with Gasteiger partial charge in [0.1, 0.15) is 22.5 Å².